The minimum Gasteiger partial charge on any atom is -0.419 e. The molecule has 4 rings (SSSR count). The molecule has 0 fully saturated rings. The van der Waals surface area contributed by atoms with Gasteiger partial charge in [0, 0.05) is 6.54 Å². The number of carbonyl (C=O) groups is 1. The van der Waals surface area contributed by atoms with Crippen LogP contribution in [0.2, 0.25) is 0 Å². The van der Waals surface area contributed by atoms with Gasteiger partial charge in [0.2, 0.25) is 11.8 Å². The van der Waals surface area contributed by atoms with Crippen LogP contribution in [-0.4, -0.2) is 27.0 Å². The molecule has 1 aliphatic heterocycles. The number of hydrogen-bond donors (Lipinski definition) is 1. The third-order valence-corrected chi connectivity index (χ3v) is 5.07. The van der Waals surface area contributed by atoms with E-state index in [1.165, 1.54) is 11.1 Å². The standard InChI is InChI=1S/C17H16N4O2S/c18-16(22)13-8-11-4-1-2-5-12(11)9-21(13)10-15-19-20-17(23-15)14-6-3-7-24-14/h1-7,13H,8-10H2,(H2,18,22)/t13-/m0/s1. The molecule has 1 atom stereocenters. The van der Waals surface area contributed by atoms with Crippen LogP contribution >= 0.6 is 11.3 Å². The van der Waals surface area contributed by atoms with Gasteiger partial charge in [-0.25, -0.2) is 0 Å². The summed E-state index contributed by atoms with van der Waals surface area (Å²) < 4.78 is 5.74. The number of aromatic nitrogens is 2. The highest BCUT2D eigenvalue weighted by atomic mass is 32.1. The molecule has 2 aromatic heterocycles. The lowest BCUT2D eigenvalue weighted by molar-refractivity contribution is -0.124. The summed E-state index contributed by atoms with van der Waals surface area (Å²) in [6.07, 6.45) is 0.609. The molecular formula is C17H16N4O2S. The maximum absolute atomic E-state index is 11.9. The number of rotatable bonds is 4. The van der Waals surface area contributed by atoms with Crippen molar-refractivity contribution in [2.24, 2.45) is 5.73 Å². The fourth-order valence-electron chi connectivity index (χ4n) is 3.01. The van der Waals surface area contributed by atoms with Gasteiger partial charge >= 0.3 is 0 Å². The summed E-state index contributed by atoms with van der Waals surface area (Å²) in [5.74, 6) is 0.666. The number of amides is 1. The van der Waals surface area contributed by atoms with Crippen molar-refractivity contribution in [3.63, 3.8) is 0 Å². The number of thiophene rings is 1. The average Bonchev–Trinajstić information content (AvgIpc) is 3.25. The van der Waals surface area contributed by atoms with Crippen molar-refractivity contribution in [3.8, 4) is 10.8 Å². The van der Waals surface area contributed by atoms with E-state index in [0.717, 1.165) is 4.88 Å². The van der Waals surface area contributed by atoms with Gasteiger partial charge in [0.25, 0.3) is 5.89 Å². The lowest BCUT2D eigenvalue weighted by atomic mass is 9.93. The molecule has 0 radical (unpaired) electrons. The predicted octanol–water partition coefficient (Wildman–Crippen LogP) is 2.21. The molecule has 1 amide bonds. The van der Waals surface area contributed by atoms with Crippen LogP contribution in [0.15, 0.2) is 46.2 Å². The van der Waals surface area contributed by atoms with Crippen LogP contribution in [0.5, 0.6) is 0 Å². The van der Waals surface area contributed by atoms with Gasteiger partial charge < -0.3 is 10.2 Å². The van der Waals surface area contributed by atoms with E-state index in [-0.39, 0.29) is 11.9 Å². The summed E-state index contributed by atoms with van der Waals surface area (Å²) in [4.78, 5) is 14.8. The molecule has 0 saturated heterocycles. The number of nitrogens with zero attached hydrogens (tertiary/aromatic N) is 3. The van der Waals surface area contributed by atoms with Gasteiger partial charge in [0.15, 0.2) is 0 Å². The highest BCUT2D eigenvalue weighted by Crippen LogP contribution is 2.27. The number of hydrogen-bond acceptors (Lipinski definition) is 6. The van der Waals surface area contributed by atoms with E-state index in [1.54, 1.807) is 11.3 Å². The van der Waals surface area contributed by atoms with Gasteiger partial charge in [0.05, 0.1) is 17.5 Å². The van der Waals surface area contributed by atoms with Crippen molar-refractivity contribution in [1.29, 1.82) is 0 Å². The highest BCUT2D eigenvalue weighted by Gasteiger charge is 2.31. The fourth-order valence-corrected chi connectivity index (χ4v) is 3.66. The fraction of sp³-hybridized carbons (Fsp3) is 0.235. The maximum Gasteiger partial charge on any atom is 0.257 e. The van der Waals surface area contributed by atoms with Gasteiger partial charge in [-0.05, 0) is 29.0 Å². The Hall–Kier alpha value is -2.51. The Morgan fingerprint density at radius 3 is 2.83 bits per heavy atom. The number of nitrogens with two attached hydrogens (primary N) is 1. The molecule has 3 aromatic rings. The summed E-state index contributed by atoms with van der Waals surface area (Å²) in [7, 11) is 0. The molecule has 0 spiro atoms. The van der Waals surface area contributed by atoms with Crippen LogP contribution in [0, 0.1) is 0 Å². The second-order valence-corrected chi connectivity index (χ2v) is 6.72. The monoisotopic (exact) mass is 340 g/mol. The molecular weight excluding hydrogens is 324 g/mol. The third-order valence-electron chi connectivity index (χ3n) is 4.21. The van der Waals surface area contributed by atoms with Crippen molar-refractivity contribution in [1.82, 2.24) is 15.1 Å². The Morgan fingerprint density at radius 1 is 1.25 bits per heavy atom. The smallest absolute Gasteiger partial charge is 0.257 e. The predicted molar refractivity (Wildman–Crippen MR) is 90.0 cm³/mol. The van der Waals surface area contributed by atoms with Crippen LogP contribution in [0.4, 0.5) is 0 Å². The molecule has 1 aromatic carbocycles. The van der Waals surface area contributed by atoms with Crippen LogP contribution in [0.25, 0.3) is 10.8 Å². The second-order valence-electron chi connectivity index (χ2n) is 5.77. The van der Waals surface area contributed by atoms with Crippen molar-refractivity contribution >= 4 is 17.2 Å². The first-order chi connectivity index (χ1) is 11.7. The minimum absolute atomic E-state index is 0.331. The SMILES string of the molecule is NC(=O)[C@@H]1Cc2ccccc2CN1Cc1nnc(-c2cccs2)o1. The Bertz CT molecular complexity index is 859. The summed E-state index contributed by atoms with van der Waals surface area (Å²) in [5, 5.41) is 10.2. The third kappa shape index (κ3) is 2.83. The van der Waals surface area contributed by atoms with E-state index < -0.39 is 0 Å². The van der Waals surface area contributed by atoms with Crippen molar-refractivity contribution < 1.29 is 9.21 Å². The molecule has 122 valence electrons. The zero-order valence-electron chi connectivity index (χ0n) is 12.9. The van der Waals surface area contributed by atoms with E-state index in [1.807, 2.05) is 40.6 Å². The van der Waals surface area contributed by atoms with Crippen LogP contribution in [0.1, 0.15) is 17.0 Å². The molecule has 7 heteroatoms. The van der Waals surface area contributed by atoms with E-state index in [2.05, 4.69) is 16.3 Å². The van der Waals surface area contributed by atoms with Gasteiger partial charge in [-0.3, -0.25) is 9.69 Å². The molecule has 1 aliphatic rings. The molecule has 0 unspecified atom stereocenters. The zero-order valence-corrected chi connectivity index (χ0v) is 13.7. The average molecular weight is 340 g/mol. The van der Waals surface area contributed by atoms with E-state index in [4.69, 9.17) is 10.2 Å². The summed E-state index contributed by atoms with van der Waals surface area (Å²) in [6.45, 7) is 1.04. The molecule has 2 N–H and O–H groups in total. The zero-order chi connectivity index (χ0) is 16.5. The lowest BCUT2D eigenvalue weighted by Crippen LogP contribution is -2.48. The van der Waals surface area contributed by atoms with Gasteiger partial charge in [-0.2, -0.15) is 0 Å². The highest BCUT2D eigenvalue weighted by molar-refractivity contribution is 7.13. The van der Waals surface area contributed by atoms with E-state index in [9.17, 15) is 4.79 Å². The molecule has 0 saturated carbocycles. The molecule has 0 bridgehead atoms. The van der Waals surface area contributed by atoms with E-state index in [0.29, 0.717) is 31.3 Å². The van der Waals surface area contributed by atoms with Gasteiger partial charge in [-0.1, -0.05) is 30.3 Å². The Labute approximate surface area is 142 Å². The largest absolute Gasteiger partial charge is 0.419 e. The number of carbonyl (C=O) groups excluding carboxylic acids is 1. The van der Waals surface area contributed by atoms with Crippen LogP contribution < -0.4 is 5.73 Å². The lowest BCUT2D eigenvalue weighted by Gasteiger charge is -2.33. The van der Waals surface area contributed by atoms with E-state index >= 15 is 0 Å². The number of primary amides is 1. The summed E-state index contributed by atoms with van der Waals surface area (Å²) >= 11 is 1.55. The number of benzene rings is 1. The van der Waals surface area contributed by atoms with Gasteiger partial charge in [0.1, 0.15) is 0 Å². The quantitative estimate of drug-likeness (QED) is 0.787. The number of fused-ring (bicyclic) bond motifs is 1. The summed E-state index contributed by atoms with van der Waals surface area (Å²) in [5.41, 5.74) is 7.98. The Kier molecular flexibility index (Phi) is 3.87. The van der Waals surface area contributed by atoms with Crippen LogP contribution in [-0.2, 0) is 24.3 Å². The molecule has 24 heavy (non-hydrogen) atoms. The first kappa shape index (κ1) is 15.0. The first-order valence-electron chi connectivity index (χ1n) is 7.67. The minimum atomic E-state index is -0.364. The van der Waals surface area contributed by atoms with Crippen molar-refractivity contribution in [3.05, 3.63) is 58.8 Å². The normalized spacial score (nSPS) is 17.6. The molecule has 0 aliphatic carbocycles. The van der Waals surface area contributed by atoms with Crippen molar-refractivity contribution in [2.45, 2.75) is 25.6 Å². The molecule has 6 nitrogen and oxygen atoms in total. The molecule has 3 heterocycles. The topological polar surface area (TPSA) is 85.3 Å². The van der Waals surface area contributed by atoms with Crippen LogP contribution in [0.3, 0.4) is 0 Å². The van der Waals surface area contributed by atoms with Gasteiger partial charge in [-0.15, -0.1) is 21.5 Å². The maximum atomic E-state index is 11.9. The second kappa shape index (κ2) is 6.18. The summed E-state index contributed by atoms with van der Waals surface area (Å²) in [6, 6.07) is 11.6. The first-order valence-corrected chi connectivity index (χ1v) is 8.55. The Morgan fingerprint density at radius 2 is 2.08 bits per heavy atom. The van der Waals surface area contributed by atoms with Crippen molar-refractivity contribution in [2.75, 3.05) is 0 Å². The Balaban J connectivity index is 1.57.